The number of anilines is 1. The van der Waals surface area contributed by atoms with Crippen LogP contribution in [0.2, 0.25) is 0 Å². The molecule has 0 spiro atoms. The molecular weight excluding hydrogens is 475 g/mol. The smallest absolute Gasteiger partial charge is 0.269 e. The van der Waals surface area contributed by atoms with Crippen LogP contribution in [-0.2, 0) is 22.6 Å². The van der Waals surface area contributed by atoms with Crippen LogP contribution in [-0.4, -0.2) is 22.0 Å². The van der Waals surface area contributed by atoms with Gasteiger partial charge in [0.2, 0.25) is 5.91 Å². The molecule has 9 nitrogen and oxygen atoms in total. The van der Waals surface area contributed by atoms with E-state index in [-0.39, 0.29) is 34.9 Å². The number of carbonyl (C=O) groups excluding carboxylic acids is 2. The monoisotopic (exact) mass is 492 g/mol. The van der Waals surface area contributed by atoms with Gasteiger partial charge in [-0.2, -0.15) is 5.26 Å². The molecule has 2 heterocycles. The first-order valence-corrected chi connectivity index (χ1v) is 11.2. The summed E-state index contributed by atoms with van der Waals surface area (Å²) in [5.74, 6) is -1.17. The molecule has 1 aromatic heterocycles. The van der Waals surface area contributed by atoms with Gasteiger partial charge in [0.1, 0.15) is 28.2 Å². The Labute approximate surface area is 203 Å². The Morgan fingerprint density at radius 1 is 1.23 bits per heavy atom. The van der Waals surface area contributed by atoms with Crippen molar-refractivity contribution in [3.05, 3.63) is 105 Å². The Bertz CT molecular complexity index is 1350. The second-order valence-electron chi connectivity index (χ2n) is 7.44. The molecule has 1 aliphatic rings. The van der Waals surface area contributed by atoms with Gasteiger partial charge in [-0.15, -0.1) is 0 Å². The number of hydrogen-bond acceptors (Lipinski definition) is 7. The number of halogens is 1. The van der Waals surface area contributed by atoms with Gasteiger partial charge in [-0.25, -0.2) is 4.39 Å². The van der Waals surface area contributed by atoms with Gasteiger partial charge in [-0.1, -0.05) is 23.9 Å². The molecule has 0 radical (unpaired) electrons. The number of amides is 2. The van der Waals surface area contributed by atoms with Crippen LogP contribution in [0.4, 0.5) is 15.8 Å². The number of thioether (sulfide) groups is 1. The summed E-state index contributed by atoms with van der Waals surface area (Å²) in [5.41, 5.74) is 0.429. The Balaban J connectivity index is 1.68. The zero-order chi connectivity index (χ0) is 24.9. The van der Waals surface area contributed by atoms with Crippen LogP contribution < -0.4 is 10.2 Å². The summed E-state index contributed by atoms with van der Waals surface area (Å²) in [7, 11) is 0. The van der Waals surface area contributed by atoms with Crippen LogP contribution in [0, 0.1) is 27.3 Å². The molecule has 11 heteroatoms. The lowest BCUT2D eigenvalue weighted by Gasteiger charge is -2.18. The van der Waals surface area contributed by atoms with Crippen molar-refractivity contribution >= 4 is 35.0 Å². The van der Waals surface area contributed by atoms with Crippen molar-refractivity contribution in [1.29, 1.82) is 5.26 Å². The fraction of sp³-hybridized carbons (Fsp3) is 0.125. The van der Waals surface area contributed by atoms with Gasteiger partial charge in [0.15, 0.2) is 0 Å². The first kappa shape index (κ1) is 23.7. The molecule has 1 saturated heterocycles. The maximum Gasteiger partial charge on any atom is 0.269 e. The molecule has 1 atom stereocenters. The van der Waals surface area contributed by atoms with Gasteiger partial charge in [-0.3, -0.25) is 24.6 Å². The summed E-state index contributed by atoms with van der Waals surface area (Å²) in [5, 5.41) is 22.8. The molecule has 176 valence electrons. The number of furan rings is 1. The number of rotatable bonds is 7. The summed E-state index contributed by atoms with van der Waals surface area (Å²) in [6.07, 6.45) is 1.57. The van der Waals surface area contributed by atoms with Crippen molar-refractivity contribution in [2.24, 2.45) is 0 Å². The normalized spacial score (nSPS) is 16.6. The SMILES string of the molecule is N#CC(C(=O)NCc1ccco1)=C1SC(Cc2cccc([N+](=O)[O-])c2)C(=O)N1c1ccc(F)cc1. The molecule has 3 aromatic rings. The standard InChI is InChI=1S/C24H17FN4O5S/c25-16-6-8-17(9-7-16)28-23(31)21(12-15-3-1-4-18(11-15)29(32)33)35-24(28)20(13-26)22(30)27-14-19-5-2-10-34-19/h1-11,21H,12,14H2,(H,27,30). The lowest BCUT2D eigenvalue weighted by molar-refractivity contribution is -0.384. The van der Waals surface area contributed by atoms with Gasteiger partial charge in [-0.05, 0) is 48.4 Å². The van der Waals surface area contributed by atoms with Crippen molar-refractivity contribution in [2.75, 3.05) is 4.90 Å². The molecule has 0 aliphatic carbocycles. The Hall–Kier alpha value is -4.43. The van der Waals surface area contributed by atoms with Crippen molar-refractivity contribution in [2.45, 2.75) is 18.2 Å². The number of non-ortho nitro benzene ring substituents is 1. The topological polar surface area (TPSA) is 129 Å². The Kier molecular flexibility index (Phi) is 6.93. The zero-order valence-electron chi connectivity index (χ0n) is 18.0. The van der Waals surface area contributed by atoms with E-state index in [1.54, 1.807) is 18.2 Å². The quantitative estimate of drug-likeness (QED) is 0.228. The summed E-state index contributed by atoms with van der Waals surface area (Å²) >= 11 is 1.00. The molecule has 0 saturated carbocycles. The van der Waals surface area contributed by atoms with E-state index in [0.717, 1.165) is 11.8 Å². The van der Waals surface area contributed by atoms with Gasteiger partial charge >= 0.3 is 0 Å². The third kappa shape index (κ3) is 5.23. The second kappa shape index (κ2) is 10.2. The van der Waals surface area contributed by atoms with Crippen molar-refractivity contribution in [1.82, 2.24) is 5.32 Å². The van der Waals surface area contributed by atoms with E-state index in [4.69, 9.17) is 4.42 Å². The molecular formula is C24H17FN4O5S. The highest BCUT2D eigenvalue weighted by Crippen LogP contribution is 2.42. The van der Waals surface area contributed by atoms with Gasteiger partial charge in [0.25, 0.3) is 11.6 Å². The molecule has 1 N–H and O–H groups in total. The second-order valence-corrected chi connectivity index (χ2v) is 8.63. The number of nitro groups is 1. The maximum atomic E-state index is 13.5. The van der Waals surface area contributed by atoms with Crippen molar-refractivity contribution in [3.8, 4) is 6.07 Å². The summed E-state index contributed by atoms with van der Waals surface area (Å²) in [6.45, 7) is 0.0383. The van der Waals surface area contributed by atoms with E-state index in [2.05, 4.69) is 5.32 Å². The van der Waals surface area contributed by atoms with E-state index in [9.17, 15) is 29.4 Å². The predicted octanol–water partition coefficient (Wildman–Crippen LogP) is 4.07. The summed E-state index contributed by atoms with van der Waals surface area (Å²) in [4.78, 5) is 38.1. The maximum absolute atomic E-state index is 13.5. The van der Waals surface area contributed by atoms with E-state index in [1.165, 1.54) is 53.6 Å². The first-order chi connectivity index (χ1) is 16.9. The van der Waals surface area contributed by atoms with Crippen LogP contribution in [0.1, 0.15) is 11.3 Å². The fourth-order valence-corrected chi connectivity index (χ4v) is 4.80. The van der Waals surface area contributed by atoms with Crippen molar-refractivity contribution < 1.29 is 23.3 Å². The average molecular weight is 492 g/mol. The third-order valence-electron chi connectivity index (χ3n) is 5.14. The van der Waals surface area contributed by atoms with E-state index in [0.29, 0.717) is 11.3 Å². The van der Waals surface area contributed by atoms with E-state index in [1.807, 2.05) is 6.07 Å². The molecule has 1 aliphatic heterocycles. The highest BCUT2D eigenvalue weighted by Gasteiger charge is 2.41. The predicted molar refractivity (Wildman–Crippen MR) is 125 cm³/mol. The molecule has 2 aromatic carbocycles. The zero-order valence-corrected chi connectivity index (χ0v) is 18.8. The van der Waals surface area contributed by atoms with Crippen LogP contribution in [0.3, 0.4) is 0 Å². The number of benzene rings is 2. The van der Waals surface area contributed by atoms with Crippen LogP contribution in [0.5, 0.6) is 0 Å². The molecule has 4 rings (SSSR count). The number of nitrogens with zero attached hydrogens (tertiary/aromatic N) is 3. The van der Waals surface area contributed by atoms with E-state index >= 15 is 0 Å². The highest BCUT2D eigenvalue weighted by atomic mass is 32.2. The minimum Gasteiger partial charge on any atom is -0.467 e. The minimum absolute atomic E-state index is 0.0383. The number of carbonyl (C=O) groups is 2. The van der Waals surface area contributed by atoms with Crippen LogP contribution in [0.15, 0.2) is 81.9 Å². The molecule has 35 heavy (non-hydrogen) atoms. The Morgan fingerprint density at radius 3 is 2.66 bits per heavy atom. The first-order valence-electron chi connectivity index (χ1n) is 10.3. The highest BCUT2D eigenvalue weighted by molar-refractivity contribution is 8.05. The van der Waals surface area contributed by atoms with E-state index < -0.39 is 27.8 Å². The summed E-state index contributed by atoms with van der Waals surface area (Å²) in [6, 6.07) is 16.2. The van der Waals surface area contributed by atoms with Gasteiger partial charge in [0.05, 0.1) is 23.0 Å². The third-order valence-corrected chi connectivity index (χ3v) is 6.40. The lowest BCUT2D eigenvalue weighted by atomic mass is 10.1. The average Bonchev–Trinajstić information content (AvgIpc) is 3.48. The minimum atomic E-state index is -0.765. The molecule has 1 fully saturated rings. The number of nitrogens with one attached hydrogen (secondary N) is 1. The largest absolute Gasteiger partial charge is 0.467 e. The van der Waals surface area contributed by atoms with Gasteiger partial charge in [0, 0.05) is 17.8 Å². The van der Waals surface area contributed by atoms with Crippen LogP contribution in [0.25, 0.3) is 0 Å². The van der Waals surface area contributed by atoms with Gasteiger partial charge < -0.3 is 9.73 Å². The molecule has 1 unspecified atom stereocenters. The molecule has 2 amide bonds. The van der Waals surface area contributed by atoms with Crippen molar-refractivity contribution in [3.63, 3.8) is 0 Å². The number of nitriles is 1. The molecule has 0 bridgehead atoms. The number of nitro benzene ring substituents is 1. The van der Waals surface area contributed by atoms with Crippen LogP contribution >= 0.6 is 11.8 Å². The fourth-order valence-electron chi connectivity index (χ4n) is 3.49. The summed E-state index contributed by atoms with van der Waals surface area (Å²) < 4.78 is 18.7. The number of hydrogen-bond donors (Lipinski definition) is 1. The Morgan fingerprint density at radius 2 is 2.00 bits per heavy atom. The lowest BCUT2D eigenvalue weighted by Crippen LogP contribution is -2.32.